The largest absolute Gasteiger partial charge is 0.340 e. The van der Waals surface area contributed by atoms with E-state index < -0.39 is 0 Å². The zero-order valence-electron chi connectivity index (χ0n) is 11.6. The number of nitrogen functional groups attached to an aromatic ring is 1. The minimum absolute atomic E-state index is 0.0787. The maximum absolute atomic E-state index is 12.3. The van der Waals surface area contributed by atoms with Crippen LogP contribution in [-0.2, 0) is 0 Å². The van der Waals surface area contributed by atoms with Crippen molar-refractivity contribution in [3.8, 4) is 0 Å². The van der Waals surface area contributed by atoms with Crippen molar-refractivity contribution in [3.05, 3.63) is 22.8 Å². The molecule has 1 saturated heterocycles. The summed E-state index contributed by atoms with van der Waals surface area (Å²) in [6, 6.07) is 3.15. The summed E-state index contributed by atoms with van der Waals surface area (Å²) in [6.45, 7) is 3.86. The highest BCUT2D eigenvalue weighted by Gasteiger charge is 2.16. The summed E-state index contributed by atoms with van der Waals surface area (Å²) in [4.78, 5) is 20.3. The fourth-order valence-corrected chi connectivity index (χ4v) is 2.52. The Bertz CT molecular complexity index is 476. The van der Waals surface area contributed by atoms with E-state index in [4.69, 9.17) is 17.4 Å². The predicted octanol–water partition coefficient (Wildman–Crippen LogP) is 1.19. The van der Waals surface area contributed by atoms with Crippen LogP contribution in [0.15, 0.2) is 12.1 Å². The number of halogens is 1. The molecule has 0 atom stereocenters. The lowest BCUT2D eigenvalue weighted by atomic mass is 10.2. The monoisotopic (exact) mass is 297 g/mol. The number of hydrazine groups is 1. The van der Waals surface area contributed by atoms with Crippen LogP contribution >= 0.6 is 11.6 Å². The molecule has 6 nitrogen and oxygen atoms in total. The Morgan fingerprint density at radius 2 is 2.20 bits per heavy atom. The summed E-state index contributed by atoms with van der Waals surface area (Å²) in [7, 11) is 1.79. The third-order valence-corrected chi connectivity index (χ3v) is 3.68. The number of hydrogen-bond donors (Lipinski definition) is 2. The average Bonchev–Trinajstić information content (AvgIpc) is 2.96. The number of nitrogens with two attached hydrogens (primary N) is 1. The molecule has 1 aliphatic rings. The molecule has 1 aromatic heterocycles. The first-order chi connectivity index (χ1) is 9.60. The molecule has 1 aliphatic heterocycles. The lowest BCUT2D eigenvalue weighted by molar-refractivity contribution is 0.0782. The Labute approximate surface area is 123 Å². The molecule has 2 rings (SSSR count). The molecule has 0 bridgehead atoms. The number of rotatable bonds is 5. The Morgan fingerprint density at radius 1 is 1.50 bits per heavy atom. The fraction of sp³-hybridized carbons (Fsp3) is 0.538. The highest BCUT2D eigenvalue weighted by molar-refractivity contribution is 6.29. The molecule has 1 fully saturated rings. The van der Waals surface area contributed by atoms with E-state index in [-0.39, 0.29) is 11.1 Å². The molecule has 7 heteroatoms. The number of amides is 1. The summed E-state index contributed by atoms with van der Waals surface area (Å²) >= 11 is 5.87. The summed E-state index contributed by atoms with van der Waals surface area (Å²) in [5, 5.41) is 0.247. The molecule has 1 aromatic rings. The summed E-state index contributed by atoms with van der Waals surface area (Å²) in [5.74, 6) is 5.61. The smallest absolute Gasteiger partial charge is 0.253 e. The third kappa shape index (κ3) is 3.82. The molecule has 110 valence electrons. The van der Waals surface area contributed by atoms with E-state index in [1.54, 1.807) is 24.1 Å². The molecule has 0 radical (unpaired) electrons. The van der Waals surface area contributed by atoms with Crippen molar-refractivity contribution in [2.24, 2.45) is 5.84 Å². The number of nitrogens with one attached hydrogen (secondary N) is 1. The van der Waals surface area contributed by atoms with E-state index in [1.807, 2.05) is 0 Å². The van der Waals surface area contributed by atoms with Crippen LogP contribution < -0.4 is 11.3 Å². The van der Waals surface area contributed by atoms with Gasteiger partial charge in [-0.3, -0.25) is 4.79 Å². The average molecular weight is 298 g/mol. The van der Waals surface area contributed by atoms with Gasteiger partial charge < -0.3 is 15.2 Å². The van der Waals surface area contributed by atoms with Gasteiger partial charge >= 0.3 is 0 Å². The van der Waals surface area contributed by atoms with E-state index in [9.17, 15) is 4.79 Å². The second kappa shape index (κ2) is 6.88. The van der Waals surface area contributed by atoms with Crippen LogP contribution in [0, 0.1) is 0 Å². The van der Waals surface area contributed by atoms with Crippen molar-refractivity contribution in [1.82, 2.24) is 14.8 Å². The standard InChI is InChI=1S/C13H20ClN5O/c1-18(6-7-19-4-2-3-5-19)13(20)10-8-11(14)16-12(9-10)17-15/h8-9H,2-7,15H2,1H3,(H,16,17). The quantitative estimate of drug-likeness (QED) is 0.485. The normalized spacial score (nSPS) is 15.3. The molecule has 20 heavy (non-hydrogen) atoms. The van der Waals surface area contributed by atoms with Crippen molar-refractivity contribution in [1.29, 1.82) is 0 Å². The lowest BCUT2D eigenvalue weighted by Crippen LogP contribution is -2.35. The van der Waals surface area contributed by atoms with Crippen LogP contribution in [0.3, 0.4) is 0 Å². The first-order valence-electron chi connectivity index (χ1n) is 6.72. The van der Waals surface area contributed by atoms with Crippen LogP contribution in [-0.4, -0.2) is 53.9 Å². The van der Waals surface area contributed by atoms with Gasteiger partial charge in [0.15, 0.2) is 0 Å². The van der Waals surface area contributed by atoms with Crippen molar-refractivity contribution in [3.63, 3.8) is 0 Å². The minimum Gasteiger partial charge on any atom is -0.340 e. The predicted molar refractivity (Wildman–Crippen MR) is 79.7 cm³/mol. The fourth-order valence-electron chi connectivity index (χ4n) is 2.31. The van der Waals surface area contributed by atoms with Gasteiger partial charge in [-0.25, -0.2) is 10.8 Å². The van der Waals surface area contributed by atoms with Crippen LogP contribution in [0.5, 0.6) is 0 Å². The number of nitrogens with zero attached hydrogens (tertiary/aromatic N) is 3. The molecular formula is C13H20ClN5O. The zero-order chi connectivity index (χ0) is 14.5. The van der Waals surface area contributed by atoms with E-state index in [0.29, 0.717) is 17.9 Å². The highest BCUT2D eigenvalue weighted by atomic mass is 35.5. The van der Waals surface area contributed by atoms with Gasteiger partial charge in [-0.05, 0) is 38.1 Å². The van der Waals surface area contributed by atoms with E-state index in [1.165, 1.54) is 12.8 Å². The second-order valence-electron chi connectivity index (χ2n) is 4.98. The molecule has 0 unspecified atom stereocenters. The van der Waals surface area contributed by atoms with Crippen LogP contribution in [0.1, 0.15) is 23.2 Å². The first-order valence-corrected chi connectivity index (χ1v) is 7.10. The first kappa shape index (κ1) is 15.0. The van der Waals surface area contributed by atoms with Crippen molar-refractivity contribution < 1.29 is 4.79 Å². The maximum Gasteiger partial charge on any atom is 0.253 e. The van der Waals surface area contributed by atoms with Gasteiger partial charge in [0.2, 0.25) is 0 Å². The summed E-state index contributed by atoms with van der Waals surface area (Å²) in [6.07, 6.45) is 2.51. The number of pyridine rings is 1. The Kier molecular flexibility index (Phi) is 5.17. The minimum atomic E-state index is -0.0787. The van der Waals surface area contributed by atoms with Crippen LogP contribution in [0.2, 0.25) is 5.15 Å². The summed E-state index contributed by atoms with van der Waals surface area (Å²) in [5.41, 5.74) is 2.89. The molecule has 0 aliphatic carbocycles. The third-order valence-electron chi connectivity index (χ3n) is 3.49. The molecule has 3 N–H and O–H groups in total. The lowest BCUT2D eigenvalue weighted by Gasteiger charge is -2.21. The van der Waals surface area contributed by atoms with E-state index in [0.717, 1.165) is 19.6 Å². The molecular weight excluding hydrogens is 278 g/mol. The molecule has 0 aromatic carbocycles. The van der Waals surface area contributed by atoms with Gasteiger partial charge in [-0.2, -0.15) is 0 Å². The van der Waals surface area contributed by atoms with Gasteiger partial charge in [-0.1, -0.05) is 11.6 Å². The molecule has 1 amide bonds. The number of aromatic nitrogens is 1. The number of carbonyl (C=O) groups excluding carboxylic acids is 1. The van der Waals surface area contributed by atoms with E-state index in [2.05, 4.69) is 15.3 Å². The van der Waals surface area contributed by atoms with Gasteiger partial charge in [0.05, 0.1) is 0 Å². The number of carbonyl (C=O) groups is 1. The Balaban J connectivity index is 1.96. The number of likely N-dealkylation sites (N-methyl/N-ethyl adjacent to an activating group) is 1. The zero-order valence-corrected chi connectivity index (χ0v) is 12.4. The number of anilines is 1. The van der Waals surface area contributed by atoms with Gasteiger partial charge in [-0.15, -0.1) is 0 Å². The maximum atomic E-state index is 12.3. The van der Waals surface area contributed by atoms with E-state index >= 15 is 0 Å². The second-order valence-corrected chi connectivity index (χ2v) is 5.37. The van der Waals surface area contributed by atoms with Crippen molar-refractivity contribution >= 4 is 23.3 Å². The Morgan fingerprint density at radius 3 is 2.85 bits per heavy atom. The van der Waals surface area contributed by atoms with Crippen LogP contribution in [0.4, 0.5) is 5.82 Å². The van der Waals surface area contributed by atoms with Gasteiger partial charge in [0.25, 0.3) is 5.91 Å². The van der Waals surface area contributed by atoms with Gasteiger partial charge in [0.1, 0.15) is 11.0 Å². The highest BCUT2D eigenvalue weighted by Crippen LogP contribution is 2.15. The Hall–Kier alpha value is -1.37. The number of likely N-dealkylation sites (tertiary alicyclic amines) is 1. The molecule has 0 saturated carbocycles. The SMILES string of the molecule is CN(CCN1CCCC1)C(=O)c1cc(Cl)nc(NN)c1. The molecule has 0 spiro atoms. The van der Waals surface area contributed by atoms with Gasteiger partial charge in [0, 0.05) is 25.7 Å². The van der Waals surface area contributed by atoms with Crippen LogP contribution in [0.25, 0.3) is 0 Å². The number of hydrogen-bond acceptors (Lipinski definition) is 5. The summed E-state index contributed by atoms with van der Waals surface area (Å²) < 4.78 is 0. The molecule has 2 heterocycles. The van der Waals surface area contributed by atoms with Crippen molar-refractivity contribution in [2.45, 2.75) is 12.8 Å². The topological polar surface area (TPSA) is 74.5 Å². The van der Waals surface area contributed by atoms with Crippen molar-refractivity contribution in [2.75, 3.05) is 38.7 Å².